The number of ketones is 1. The highest BCUT2D eigenvalue weighted by molar-refractivity contribution is 9.10. The first-order valence-corrected chi connectivity index (χ1v) is 11.0. The molecule has 0 radical (unpaired) electrons. The van der Waals surface area contributed by atoms with Crippen LogP contribution in [0.5, 0.6) is 0 Å². The van der Waals surface area contributed by atoms with Crippen LogP contribution in [0.4, 0.5) is 10.1 Å². The third kappa shape index (κ3) is 4.22. The maximum absolute atomic E-state index is 14.2. The van der Waals surface area contributed by atoms with Crippen molar-refractivity contribution in [3.05, 3.63) is 86.9 Å². The minimum absolute atomic E-state index is 0.0374. The number of hydrogen-bond acceptors (Lipinski definition) is 3. The molecule has 4 rings (SSSR count). The van der Waals surface area contributed by atoms with Gasteiger partial charge in [0.25, 0.3) is 5.91 Å². The van der Waals surface area contributed by atoms with Crippen molar-refractivity contribution in [2.45, 2.75) is 39.5 Å². The van der Waals surface area contributed by atoms with Gasteiger partial charge in [-0.3, -0.25) is 9.59 Å². The summed E-state index contributed by atoms with van der Waals surface area (Å²) in [6.45, 7) is 5.98. The number of amides is 1. The number of anilines is 1. The van der Waals surface area contributed by atoms with E-state index in [2.05, 4.69) is 40.4 Å². The Balaban J connectivity index is 1.81. The first kappa shape index (κ1) is 21.5. The lowest BCUT2D eigenvalue weighted by Gasteiger charge is -2.39. The van der Waals surface area contributed by atoms with E-state index in [-0.39, 0.29) is 16.9 Å². The molecule has 2 aromatic rings. The second kappa shape index (κ2) is 8.08. The average Bonchev–Trinajstić information content (AvgIpc) is 2.68. The van der Waals surface area contributed by atoms with Crippen molar-refractivity contribution in [3.8, 4) is 0 Å². The van der Waals surface area contributed by atoms with Gasteiger partial charge >= 0.3 is 0 Å². The quantitative estimate of drug-likeness (QED) is 0.578. The molecule has 1 atom stereocenters. The van der Waals surface area contributed by atoms with Crippen LogP contribution in [0.25, 0.3) is 0 Å². The fraction of sp³-hybridized carbons (Fsp3) is 0.280. The number of rotatable bonds is 3. The smallest absolute Gasteiger partial charge is 0.254 e. The Bertz CT molecular complexity index is 1130. The van der Waals surface area contributed by atoms with Crippen LogP contribution in [0.2, 0.25) is 0 Å². The number of para-hydroxylation sites is 1. The van der Waals surface area contributed by atoms with Gasteiger partial charge in [-0.25, -0.2) is 4.39 Å². The van der Waals surface area contributed by atoms with Gasteiger partial charge < -0.3 is 10.6 Å². The standard InChI is InChI=1S/C25H24BrFN2O2/c1-14-21(24(31)29-18-7-5-4-6-17(18)27)22(15-8-10-16(26)11-9-15)23-19(28-14)12-25(2,3)13-20(23)30/h4-11,22,28H,12-13H2,1-3H3,(H,29,31). The normalized spacial score (nSPS) is 20.3. The van der Waals surface area contributed by atoms with E-state index in [9.17, 15) is 14.0 Å². The molecule has 0 saturated carbocycles. The summed E-state index contributed by atoms with van der Waals surface area (Å²) in [7, 11) is 0. The van der Waals surface area contributed by atoms with E-state index < -0.39 is 17.6 Å². The predicted molar refractivity (Wildman–Crippen MR) is 123 cm³/mol. The van der Waals surface area contributed by atoms with Crippen molar-refractivity contribution in [3.63, 3.8) is 0 Å². The molecule has 2 aromatic carbocycles. The lowest BCUT2D eigenvalue weighted by atomic mass is 9.68. The Morgan fingerprint density at radius 1 is 1.13 bits per heavy atom. The molecule has 31 heavy (non-hydrogen) atoms. The number of carbonyl (C=O) groups excluding carboxylic acids is 2. The maximum Gasteiger partial charge on any atom is 0.254 e. The number of carbonyl (C=O) groups is 2. The molecule has 6 heteroatoms. The molecule has 1 aliphatic carbocycles. The molecule has 0 saturated heterocycles. The molecule has 1 aliphatic heterocycles. The summed E-state index contributed by atoms with van der Waals surface area (Å²) in [6.07, 6.45) is 1.14. The first-order chi connectivity index (χ1) is 14.7. The fourth-order valence-corrected chi connectivity index (χ4v) is 4.74. The van der Waals surface area contributed by atoms with Gasteiger partial charge in [-0.2, -0.15) is 0 Å². The fourth-order valence-electron chi connectivity index (χ4n) is 4.48. The molecule has 1 unspecified atom stereocenters. The van der Waals surface area contributed by atoms with Gasteiger partial charge in [0.05, 0.1) is 5.69 Å². The second-order valence-electron chi connectivity index (χ2n) is 8.92. The molecule has 2 N–H and O–H groups in total. The lowest BCUT2D eigenvalue weighted by molar-refractivity contribution is -0.118. The van der Waals surface area contributed by atoms with E-state index in [1.54, 1.807) is 12.1 Å². The van der Waals surface area contributed by atoms with Gasteiger partial charge in [0.15, 0.2) is 5.78 Å². The third-order valence-electron chi connectivity index (χ3n) is 5.81. The average molecular weight is 483 g/mol. The van der Waals surface area contributed by atoms with E-state index >= 15 is 0 Å². The molecule has 0 bridgehead atoms. The monoisotopic (exact) mass is 482 g/mol. The highest BCUT2D eigenvalue weighted by Crippen LogP contribution is 2.46. The Kier molecular flexibility index (Phi) is 5.60. The van der Waals surface area contributed by atoms with Crippen molar-refractivity contribution in [2.24, 2.45) is 5.41 Å². The van der Waals surface area contributed by atoms with Crippen LogP contribution in [0.15, 0.2) is 75.5 Å². The summed E-state index contributed by atoms with van der Waals surface area (Å²) in [5.41, 5.74) is 3.41. The van der Waals surface area contributed by atoms with Gasteiger partial charge in [0, 0.05) is 39.4 Å². The van der Waals surface area contributed by atoms with E-state index in [0.29, 0.717) is 23.3 Å². The highest BCUT2D eigenvalue weighted by atomic mass is 79.9. The number of Topliss-reactive ketones (excluding diaryl/α,β-unsaturated/α-hetero) is 1. The summed E-state index contributed by atoms with van der Waals surface area (Å²) in [6, 6.07) is 13.7. The van der Waals surface area contributed by atoms with Crippen LogP contribution in [-0.2, 0) is 9.59 Å². The molecular weight excluding hydrogens is 459 g/mol. The number of hydrogen-bond donors (Lipinski definition) is 2. The molecule has 0 fully saturated rings. The second-order valence-corrected chi connectivity index (χ2v) is 9.83. The highest BCUT2D eigenvalue weighted by Gasteiger charge is 2.42. The molecular formula is C25H24BrFN2O2. The topological polar surface area (TPSA) is 58.2 Å². The summed E-state index contributed by atoms with van der Waals surface area (Å²) in [5.74, 6) is -1.41. The Morgan fingerprint density at radius 3 is 2.48 bits per heavy atom. The zero-order valence-corrected chi connectivity index (χ0v) is 19.3. The van der Waals surface area contributed by atoms with Crippen molar-refractivity contribution < 1.29 is 14.0 Å². The Morgan fingerprint density at radius 2 is 1.81 bits per heavy atom. The minimum atomic E-state index is -0.514. The minimum Gasteiger partial charge on any atom is -0.362 e. The van der Waals surface area contributed by atoms with Gasteiger partial charge in [0.1, 0.15) is 5.82 Å². The summed E-state index contributed by atoms with van der Waals surface area (Å²) in [4.78, 5) is 26.6. The zero-order chi connectivity index (χ0) is 22.3. The lowest BCUT2D eigenvalue weighted by Crippen LogP contribution is -2.39. The third-order valence-corrected chi connectivity index (χ3v) is 6.34. The van der Waals surface area contributed by atoms with E-state index in [0.717, 1.165) is 22.2 Å². The van der Waals surface area contributed by atoms with Crippen molar-refractivity contribution >= 4 is 33.3 Å². The zero-order valence-electron chi connectivity index (χ0n) is 17.7. The number of nitrogens with one attached hydrogen (secondary N) is 2. The molecule has 160 valence electrons. The van der Waals surface area contributed by atoms with Gasteiger partial charge in [0.2, 0.25) is 0 Å². The molecule has 0 spiro atoms. The van der Waals surface area contributed by atoms with E-state index in [1.807, 2.05) is 31.2 Å². The van der Waals surface area contributed by atoms with Crippen LogP contribution >= 0.6 is 15.9 Å². The van der Waals surface area contributed by atoms with Crippen LogP contribution < -0.4 is 10.6 Å². The number of halogens is 2. The summed E-state index contributed by atoms with van der Waals surface area (Å²) < 4.78 is 15.1. The van der Waals surface area contributed by atoms with Gasteiger partial charge in [-0.05, 0) is 48.6 Å². The van der Waals surface area contributed by atoms with Crippen molar-refractivity contribution in [1.82, 2.24) is 5.32 Å². The van der Waals surface area contributed by atoms with Crippen LogP contribution in [0, 0.1) is 11.2 Å². The number of dihydropyridines is 1. The maximum atomic E-state index is 14.2. The van der Waals surface area contributed by atoms with Crippen molar-refractivity contribution in [2.75, 3.05) is 5.32 Å². The molecule has 0 aromatic heterocycles. The Labute approximate surface area is 189 Å². The van der Waals surface area contributed by atoms with Crippen LogP contribution in [0.3, 0.4) is 0 Å². The number of allylic oxidation sites excluding steroid dienone is 3. The van der Waals surface area contributed by atoms with E-state index in [4.69, 9.17) is 0 Å². The van der Waals surface area contributed by atoms with Crippen LogP contribution in [0.1, 0.15) is 45.1 Å². The Hall–Kier alpha value is -2.73. The largest absolute Gasteiger partial charge is 0.362 e. The van der Waals surface area contributed by atoms with E-state index in [1.165, 1.54) is 12.1 Å². The molecule has 1 amide bonds. The number of benzene rings is 2. The SMILES string of the molecule is CC1=C(C(=O)Nc2ccccc2F)C(c2ccc(Br)cc2)C2=C(CC(C)(C)CC2=O)N1. The van der Waals surface area contributed by atoms with Gasteiger partial charge in [-0.1, -0.05) is 54.0 Å². The van der Waals surface area contributed by atoms with Gasteiger partial charge in [-0.15, -0.1) is 0 Å². The van der Waals surface area contributed by atoms with Crippen molar-refractivity contribution in [1.29, 1.82) is 0 Å². The summed E-state index contributed by atoms with van der Waals surface area (Å²) in [5, 5.41) is 6.01. The summed E-state index contributed by atoms with van der Waals surface area (Å²) >= 11 is 3.45. The van der Waals surface area contributed by atoms with Crippen LogP contribution in [-0.4, -0.2) is 11.7 Å². The molecule has 2 aliphatic rings. The predicted octanol–water partition coefficient (Wildman–Crippen LogP) is 5.83. The molecule has 4 nitrogen and oxygen atoms in total. The first-order valence-electron chi connectivity index (χ1n) is 10.2. The molecule has 1 heterocycles.